The van der Waals surface area contributed by atoms with Crippen LogP contribution in [0.25, 0.3) is 0 Å². The SMILES string of the molecule is CCCC(=O)Nc1cccc(NC(N)=S)c1. The van der Waals surface area contributed by atoms with Gasteiger partial charge < -0.3 is 16.4 Å². The van der Waals surface area contributed by atoms with Gasteiger partial charge in [-0.05, 0) is 36.8 Å². The van der Waals surface area contributed by atoms with E-state index in [0.29, 0.717) is 6.42 Å². The Morgan fingerprint density at radius 2 is 2.00 bits per heavy atom. The van der Waals surface area contributed by atoms with Crippen LogP contribution in [0.15, 0.2) is 24.3 Å². The van der Waals surface area contributed by atoms with E-state index >= 15 is 0 Å². The molecule has 0 spiro atoms. The molecule has 0 bridgehead atoms. The minimum atomic E-state index is 0.00924. The van der Waals surface area contributed by atoms with Gasteiger partial charge in [0, 0.05) is 17.8 Å². The van der Waals surface area contributed by atoms with Crippen LogP contribution in [0.5, 0.6) is 0 Å². The standard InChI is InChI=1S/C11H15N3OS/c1-2-4-10(15)13-8-5-3-6-9(7-8)14-11(12)16/h3,5-7H,2,4H2,1H3,(H,13,15)(H3,12,14,16). The van der Waals surface area contributed by atoms with Crippen LogP contribution in [0.1, 0.15) is 19.8 Å². The van der Waals surface area contributed by atoms with Crippen LogP contribution in [0.2, 0.25) is 0 Å². The Morgan fingerprint density at radius 3 is 2.56 bits per heavy atom. The van der Waals surface area contributed by atoms with Gasteiger partial charge in [-0.25, -0.2) is 0 Å². The zero-order valence-electron chi connectivity index (χ0n) is 9.12. The summed E-state index contributed by atoms with van der Waals surface area (Å²) in [6.07, 6.45) is 1.35. The minimum Gasteiger partial charge on any atom is -0.376 e. The maximum absolute atomic E-state index is 11.4. The van der Waals surface area contributed by atoms with Gasteiger partial charge >= 0.3 is 0 Å². The molecule has 0 unspecified atom stereocenters. The number of nitrogens with two attached hydrogens (primary N) is 1. The Bertz CT molecular complexity index is 393. The third-order valence-electron chi connectivity index (χ3n) is 1.89. The topological polar surface area (TPSA) is 67.2 Å². The summed E-state index contributed by atoms with van der Waals surface area (Å²) in [6.45, 7) is 1.96. The fourth-order valence-corrected chi connectivity index (χ4v) is 1.39. The second kappa shape index (κ2) is 6.07. The highest BCUT2D eigenvalue weighted by Gasteiger charge is 2.01. The normalized spacial score (nSPS) is 9.56. The molecule has 0 aliphatic rings. The summed E-state index contributed by atoms with van der Waals surface area (Å²) in [5, 5.41) is 5.81. The highest BCUT2D eigenvalue weighted by Crippen LogP contribution is 2.15. The van der Waals surface area contributed by atoms with E-state index in [9.17, 15) is 4.79 Å². The number of thiocarbonyl (C=S) groups is 1. The van der Waals surface area contributed by atoms with Gasteiger partial charge in [0.15, 0.2) is 5.11 Å². The van der Waals surface area contributed by atoms with E-state index in [1.807, 2.05) is 25.1 Å². The molecule has 1 aromatic rings. The molecule has 4 nitrogen and oxygen atoms in total. The first-order valence-corrected chi connectivity index (χ1v) is 5.49. The van der Waals surface area contributed by atoms with Gasteiger partial charge in [-0.2, -0.15) is 0 Å². The van der Waals surface area contributed by atoms with Crippen molar-refractivity contribution in [1.82, 2.24) is 0 Å². The molecule has 16 heavy (non-hydrogen) atoms. The molecular weight excluding hydrogens is 222 g/mol. The molecule has 0 radical (unpaired) electrons. The van der Waals surface area contributed by atoms with Crippen molar-refractivity contribution in [3.05, 3.63) is 24.3 Å². The smallest absolute Gasteiger partial charge is 0.224 e. The number of nitrogens with one attached hydrogen (secondary N) is 2. The van der Waals surface area contributed by atoms with Crippen LogP contribution in [0.3, 0.4) is 0 Å². The van der Waals surface area contributed by atoms with E-state index in [0.717, 1.165) is 17.8 Å². The van der Waals surface area contributed by atoms with Crippen molar-refractivity contribution in [2.45, 2.75) is 19.8 Å². The molecule has 86 valence electrons. The fraction of sp³-hybridized carbons (Fsp3) is 0.273. The van der Waals surface area contributed by atoms with E-state index in [1.54, 1.807) is 6.07 Å². The van der Waals surface area contributed by atoms with E-state index in [-0.39, 0.29) is 11.0 Å². The molecule has 0 aliphatic carbocycles. The summed E-state index contributed by atoms with van der Waals surface area (Å²) < 4.78 is 0. The summed E-state index contributed by atoms with van der Waals surface area (Å²) in [4.78, 5) is 11.4. The van der Waals surface area contributed by atoms with Crippen LogP contribution in [-0.4, -0.2) is 11.0 Å². The molecule has 1 amide bonds. The quantitative estimate of drug-likeness (QED) is 0.701. The van der Waals surface area contributed by atoms with Crippen LogP contribution >= 0.6 is 12.2 Å². The molecule has 0 saturated heterocycles. The van der Waals surface area contributed by atoms with Gasteiger partial charge in [0.1, 0.15) is 0 Å². The van der Waals surface area contributed by atoms with Crippen molar-refractivity contribution in [3.8, 4) is 0 Å². The lowest BCUT2D eigenvalue weighted by Gasteiger charge is -2.07. The second-order valence-corrected chi connectivity index (χ2v) is 3.81. The molecule has 1 aromatic carbocycles. The highest BCUT2D eigenvalue weighted by atomic mass is 32.1. The number of carbonyl (C=O) groups excluding carboxylic acids is 1. The van der Waals surface area contributed by atoms with E-state index < -0.39 is 0 Å². The molecule has 5 heteroatoms. The molecule has 0 fully saturated rings. The Labute approximate surface area is 100 Å². The monoisotopic (exact) mass is 237 g/mol. The van der Waals surface area contributed by atoms with Crippen molar-refractivity contribution >= 4 is 34.6 Å². The number of hydrogen-bond acceptors (Lipinski definition) is 2. The number of hydrogen-bond donors (Lipinski definition) is 3. The van der Waals surface area contributed by atoms with Gasteiger partial charge in [0.05, 0.1) is 0 Å². The third kappa shape index (κ3) is 4.27. The van der Waals surface area contributed by atoms with Crippen LogP contribution in [0.4, 0.5) is 11.4 Å². The molecule has 4 N–H and O–H groups in total. The van der Waals surface area contributed by atoms with E-state index in [1.165, 1.54) is 0 Å². The molecule has 0 aromatic heterocycles. The molecule has 0 aliphatic heterocycles. The summed E-state index contributed by atoms with van der Waals surface area (Å²) in [7, 11) is 0. The average Bonchev–Trinajstić information content (AvgIpc) is 2.17. The number of benzene rings is 1. The lowest BCUT2D eigenvalue weighted by molar-refractivity contribution is -0.116. The van der Waals surface area contributed by atoms with Crippen molar-refractivity contribution in [2.24, 2.45) is 5.73 Å². The first-order chi connectivity index (χ1) is 7.61. The van der Waals surface area contributed by atoms with Crippen molar-refractivity contribution < 1.29 is 4.79 Å². The van der Waals surface area contributed by atoms with E-state index in [2.05, 4.69) is 10.6 Å². The molecule has 0 heterocycles. The van der Waals surface area contributed by atoms with Gasteiger partial charge in [-0.15, -0.1) is 0 Å². The molecule has 1 rings (SSSR count). The predicted molar refractivity (Wildman–Crippen MR) is 70.4 cm³/mol. The summed E-state index contributed by atoms with van der Waals surface area (Å²) >= 11 is 4.73. The zero-order chi connectivity index (χ0) is 12.0. The summed E-state index contributed by atoms with van der Waals surface area (Å²) in [5.74, 6) is 0.00924. The maximum atomic E-state index is 11.4. The van der Waals surface area contributed by atoms with Gasteiger partial charge in [-0.3, -0.25) is 4.79 Å². The Balaban J connectivity index is 2.67. The van der Waals surface area contributed by atoms with Crippen molar-refractivity contribution in [3.63, 3.8) is 0 Å². The van der Waals surface area contributed by atoms with Crippen molar-refractivity contribution in [1.29, 1.82) is 0 Å². The molecule has 0 atom stereocenters. The maximum Gasteiger partial charge on any atom is 0.224 e. The van der Waals surface area contributed by atoms with Gasteiger partial charge in [0.2, 0.25) is 5.91 Å². The first-order valence-electron chi connectivity index (χ1n) is 5.08. The number of carbonyl (C=O) groups is 1. The summed E-state index contributed by atoms with van der Waals surface area (Å²) in [5.41, 5.74) is 6.86. The van der Waals surface area contributed by atoms with Crippen LogP contribution in [-0.2, 0) is 4.79 Å². The number of amides is 1. The predicted octanol–water partition coefficient (Wildman–Crippen LogP) is 2.08. The van der Waals surface area contributed by atoms with Crippen LogP contribution < -0.4 is 16.4 Å². The third-order valence-corrected chi connectivity index (χ3v) is 1.99. The highest BCUT2D eigenvalue weighted by molar-refractivity contribution is 7.80. The largest absolute Gasteiger partial charge is 0.376 e. The average molecular weight is 237 g/mol. The Kier molecular flexibility index (Phi) is 4.72. The molecule has 0 saturated carbocycles. The first kappa shape index (κ1) is 12.4. The summed E-state index contributed by atoms with van der Waals surface area (Å²) in [6, 6.07) is 7.25. The lowest BCUT2D eigenvalue weighted by atomic mass is 10.2. The minimum absolute atomic E-state index is 0.00924. The number of anilines is 2. The van der Waals surface area contributed by atoms with E-state index in [4.69, 9.17) is 18.0 Å². The Hall–Kier alpha value is -1.62. The van der Waals surface area contributed by atoms with Gasteiger partial charge in [0.25, 0.3) is 0 Å². The fourth-order valence-electron chi connectivity index (χ4n) is 1.27. The lowest BCUT2D eigenvalue weighted by Crippen LogP contribution is -2.19. The molecular formula is C11H15N3OS. The van der Waals surface area contributed by atoms with Gasteiger partial charge in [-0.1, -0.05) is 13.0 Å². The zero-order valence-corrected chi connectivity index (χ0v) is 9.93. The second-order valence-electron chi connectivity index (χ2n) is 3.37. The van der Waals surface area contributed by atoms with Crippen LogP contribution in [0, 0.1) is 0 Å². The Morgan fingerprint density at radius 1 is 1.38 bits per heavy atom. The van der Waals surface area contributed by atoms with Crippen molar-refractivity contribution in [2.75, 3.05) is 10.6 Å². The number of rotatable bonds is 4.